The van der Waals surface area contributed by atoms with Crippen LogP contribution in [0.2, 0.25) is 0 Å². The smallest absolute Gasteiger partial charge is 1.00 e. The summed E-state index contributed by atoms with van der Waals surface area (Å²) >= 11 is 0. The molecule has 17 heavy (non-hydrogen) atoms. The second-order valence-corrected chi connectivity index (χ2v) is 4.17. The van der Waals surface area contributed by atoms with Crippen LogP contribution >= 0.6 is 0 Å². The minimum absolute atomic E-state index is 0. The molecule has 1 rings (SSSR count). The molecule has 0 radical (unpaired) electrons. The maximum atomic E-state index is 10.7. The van der Waals surface area contributed by atoms with Gasteiger partial charge in [-0.25, -0.2) is 0 Å². The Kier molecular flexibility index (Phi) is 7.46. The molecule has 0 aromatic heterocycles. The van der Waals surface area contributed by atoms with Gasteiger partial charge in [-0.15, -0.1) is 0 Å². The molecule has 0 spiro atoms. The predicted molar refractivity (Wildman–Crippen MR) is 57.7 cm³/mol. The number of hydrogen-bond acceptors (Lipinski definition) is 4. The van der Waals surface area contributed by atoms with Crippen molar-refractivity contribution in [2.75, 3.05) is 13.2 Å². The number of ether oxygens (including phenoxy) is 1. The molecule has 0 unspecified atom stereocenters. The van der Waals surface area contributed by atoms with Crippen LogP contribution in [0.1, 0.15) is 1.43 Å². The molecule has 1 aromatic carbocycles. The van der Waals surface area contributed by atoms with Gasteiger partial charge in [-0.3, -0.25) is 4.55 Å². The van der Waals surface area contributed by atoms with Crippen LogP contribution in [-0.2, 0) is 10.1 Å². The summed E-state index contributed by atoms with van der Waals surface area (Å²) in [6.07, 6.45) is 0. The fraction of sp³-hybridized carbons (Fsp3) is 0.200. The van der Waals surface area contributed by atoms with Crippen molar-refractivity contribution in [3.8, 4) is 17.6 Å². The van der Waals surface area contributed by atoms with Crippen LogP contribution in [0.3, 0.4) is 0 Å². The Bertz CT molecular complexity index is 503. The largest absolute Gasteiger partial charge is 1.00 e. The molecule has 88 valence electrons. The van der Waals surface area contributed by atoms with Crippen molar-refractivity contribution in [3.63, 3.8) is 0 Å². The zero-order valence-corrected chi connectivity index (χ0v) is 12.1. The van der Waals surface area contributed by atoms with Crippen molar-refractivity contribution in [3.05, 3.63) is 24.3 Å². The van der Waals surface area contributed by atoms with Gasteiger partial charge in [0.15, 0.2) is 0 Å². The number of rotatable bonds is 3. The normalized spacial score (nSPS) is 9.76. The van der Waals surface area contributed by atoms with E-state index in [1.807, 2.05) is 0 Å². The van der Waals surface area contributed by atoms with Crippen LogP contribution < -0.4 is 34.3 Å². The first-order valence-electron chi connectivity index (χ1n) is 4.31. The van der Waals surface area contributed by atoms with E-state index in [-0.39, 0.29) is 49.1 Å². The van der Waals surface area contributed by atoms with Crippen LogP contribution in [0.5, 0.6) is 5.75 Å². The van der Waals surface area contributed by atoms with Gasteiger partial charge in [0.2, 0.25) is 0 Å². The minimum atomic E-state index is -4.17. The Labute approximate surface area is 123 Å². The van der Waals surface area contributed by atoms with E-state index in [1.54, 1.807) is 0 Å². The molecule has 1 aromatic rings. The van der Waals surface area contributed by atoms with E-state index < -0.39 is 10.1 Å². The summed E-state index contributed by atoms with van der Waals surface area (Å²) in [6.45, 7) is -0.128. The molecule has 0 fully saturated rings. The molecule has 0 saturated heterocycles. The predicted octanol–water partition coefficient (Wildman–Crippen LogP) is -2.58. The summed E-state index contributed by atoms with van der Waals surface area (Å²) < 4.78 is 35.2. The molecule has 0 aliphatic rings. The number of hydrogen-bond donors (Lipinski definition) is 2. The fourth-order valence-electron chi connectivity index (χ4n) is 0.934. The van der Waals surface area contributed by atoms with Gasteiger partial charge in [-0.05, 0) is 24.3 Å². The second kappa shape index (κ2) is 7.71. The van der Waals surface area contributed by atoms with E-state index in [2.05, 4.69) is 11.8 Å². The summed E-state index contributed by atoms with van der Waals surface area (Å²) in [6, 6.07) is 5.27. The number of benzene rings is 1. The molecular weight excluding hydrogens is 255 g/mol. The molecule has 7 heteroatoms. The maximum Gasteiger partial charge on any atom is 1.00 e. The average molecular weight is 266 g/mol. The standard InChI is InChI=1S/C10H10O5S.Na.H/c11-7-1-2-8-15-9-3-5-10(6-4-9)16(12,13)14;;/h3-6,11H,7-8H2,(H,12,13,14);;/q;+1;-1. The molecule has 5 nitrogen and oxygen atoms in total. The van der Waals surface area contributed by atoms with Crippen LogP contribution in [0.25, 0.3) is 0 Å². The van der Waals surface area contributed by atoms with Gasteiger partial charge in [0.05, 0.1) is 4.90 Å². The van der Waals surface area contributed by atoms with Gasteiger partial charge in [-0.1, -0.05) is 11.8 Å². The average Bonchev–Trinajstić information content (AvgIpc) is 2.24. The van der Waals surface area contributed by atoms with Crippen molar-refractivity contribution in [1.82, 2.24) is 0 Å². The quantitative estimate of drug-likeness (QED) is 0.357. The summed E-state index contributed by atoms with van der Waals surface area (Å²) in [5.74, 6) is 5.37. The van der Waals surface area contributed by atoms with Crippen LogP contribution in [-0.4, -0.2) is 31.3 Å². The zero-order valence-electron chi connectivity index (χ0n) is 10.3. The van der Waals surface area contributed by atoms with Gasteiger partial charge >= 0.3 is 29.6 Å². The van der Waals surface area contributed by atoms with E-state index in [0.717, 1.165) is 0 Å². The van der Waals surface area contributed by atoms with Gasteiger partial charge in [0.1, 0.15) is 19.0 Å². The van der Waals surface area contributed by atoms with Crippen LogP contribution in [0.15, 0.2) is 29.2 Å². The van der Waals surface area contributed by atoms with Crippen LogP contribution in [0.4, 0.5) is 0 Å². The molecule has 0 atom stereocenters. The summed E-state index contributed by atoms with van der Waals surface area (Å²) in [7, 11) is -4.17. The molecular formula is C10H11NaO5S. The first-order valence-corrected chi connectivity index (χ1v) is 5.75. The van der Waals surface area contributed by atoms with Crippen molar-refractivity contribution in [2.45, 2.75) is 4.90 Å². The summed E-state index contributed by atoms with van der Waals surface area (Å²) in [4.78, 5) is -0.193. The Hall–Kier alpha value is -0.550. The molecule has 0 aliphatic heterocycles. The summed E-state index contributed by atoms with van der Waals surface area (Å²) in [5, 5.41) is 8.37. The zero-order chi connectivity index (χ0) is 12.0. The molecule has 0 aliphatic carbocycles. The van der Waals surface area contributed by atoms with Crippen molar-refractivity contribution < 1.29 is 53.8 Å². The van der Waals surface area contributed by atoms with Gasteiger partial charge in [0, 0.05) is 0 Å². The second-order valence-electron chi connectivity index (χ2n) is 2.75. The maximum absolute atomic E-state index is 10.7. The summed E-state index contributed by atoms with van der Waals surface area (Å²) in [5.41, 5.74) is 0. The molecule has 0 bridgehead atoms. The van der Waals surface area contributed by atoms with E-state index in [1.165, 1.54) is 24.3 Å². The molecule has 0 amide bonds. The monoisotopic (exact) mass is 266 g/mol. The van der Waals surface area contributed by atoms with E-state index in [4.69, 9.17) is 14.4 Å². The van der Waals surface area contributed by atoms with Crippen LogP contribution in [0, 0.1) is 11.8 Å². The Morgan fingerprint density at radius 3 is 2.29 bits per heavy atom. The third-order valence-corrected chi connectivity index (χ3v) is 2.50. The number of aliphatic hydroxyl groups is 1. The van der Waals surface area contributed by atoms with E-state index in [9.17, 15) is 8.42 Å². The number of aliphatic hydroxyl groups excluding tert-OH is 1. The first-order chi connectivity index (χ1) is 7.54. The third kappa shape index (κ3) is 6.07. The molecule has 0 heterocycles. The van der Waals surface area contributed by atoms with Gasteiger partial charge in [0.25, 0.3) is 10.1 Å². The Morgan fingerprint density at radius 1 is 1.24 bits per heavy atom. The SMILES string of the molecule is O=S(=O)(O)c1ccc(OCC#CCO)cc1.[H-].[Na+]. The third-order valence-electron chi connectivity index (χ3n) is 1.64. The molecule has 0 saturated carbocycles. The van der Waals surface area contributed by atoms with Crippen molar-refractivity contribution >= 4 is 10.1 Å². The molecule has 2 N–H and O–H groups in total. The fourth-order valence-corrected chi connectivity index (χ4v) is 1.41. The van der Waals surface area contributed by atoms with Gasteiger partial charge < -0.3 is 11.3 Å². The minimum Gasteiger partial charge on any atom is -1.00 e. The Morgan fingerprint density at radius 2 is 1.82 bits per heavy atom. The topological polar surface area (TPSA) is 83.8 Å². The van der Waals surface area contributed by atoms with Crippen molar-refractivity contribution in [1.29, 1.82) is 0 Å². The van der Waals surface area contributed by atoms with E-state index >= 15 is 0 Å². The first kappa shape index (κ1) is 16.4. The van der Waals surface area contributed by atoms with Crippen molar-refractivity contribution in [2.24, 2.45) is 0 Å². The Balaban J connectivity index is 0. The van der Waals surface area contributed by atoms with Gasteiger partial charge in [-0.2, -0.15) is 8.42 Å². The van der Waals surface area contributed by atoms with E-state index in [0.29, 0.717) is 5.75 Å².